The van der Waals surface area contributed by atoms with Crippen molar-refractivity contribution in [3.63, 3.8) is 0 Å². The van der Waals surface area contributed by atoms with Gasteiger partial charge in [0.15, 0.2) is 0 Å². The summed E-state index contributed by atoms with van der Waals surface area (Å²) in [6, 6.07) is 2.87. The van der Waals surface area contributed by atoms with Crippen LogP contribution in [0.4, 0.5) is 4.39 Å². The average molecular weight is 344 g/mol. The summed E-state index contributed by atoms with van der Waals surface area (Å²) in [5.74, 6) is 0.0129. The first kappa shape index (κ1) is 18.8. The molecule has 0 atom stereocenters. The summed E-state index contributed by atoms with van der Waals surface area (Å²) in [7, 11) is 0. The summed E-state index contributed by atoms with van der Waals surface area (Å²) in [6.45, 7) is 11.6. The summed E-state index contributed by atoms with van der Waals surface area (Å²) in [6.07, 6.45) is 3.28. The Bertz CT molecular complexity index is 726. The maximum absolute atomic E-state index is 12.9. The van der Waals surface area contributed by atoms with Gasteiger partial charge in [0.05, 0.1) is 18.4 Å². The lowest BCUT2D eigenvalue weighted by Crippen LogP contribution is -2.30. The Morgan fingerprint density at radius 3 is 2.52 bits per heavy atom. The summed E-state index contributed by atoms with van der Waals surface area (Å²) in [5, 5.41) is 6.20. The van der Waals surface area contributed by atoms with E-state index in [-0.39, 0.29) is 18.0 Å². The number of rotatable bonds is 7. The number of allylic oxidation sites excluding steroid dienone is 1. The normalized spacial score (nSPS) is 15.7. The van der Waals surface area contributed by atoms with E-state index in [9.17, 15) is 9.18 Å². The van der Waals surface area contributed by atoms with E-state index in [1.165, 1.54) is 6.07 Å². The average Bonchev–Trinajstić information content (AvgIpc) is 3.29. The van der Waals surface area contributed by atoms with Crippen molar-refractivity contribution in [3.8, 4) is 0 Å². The highest BCUT2D eigenvalue weighted by Gasteiger charge is 2.38. The van der Waals surface area contributed by atoms with Crippen LogP contribution in [0.3, 0.4) is 0 Å². The number of aromatic nitrogens is 1. The van der Waals surface area contributed by atoms with Gasteiger partial charge in [-0.2, -0.15) is 0 Å². The number of hydrogen-bond acceptors (Lipinski definition) is 4. The molecule has 1 aromatic heterocycles. The molecule has 5 nitrogen and oxygen atoms in total. The van der Waals surface area contributed by atoms with Crippen molar-refractivity contribution in [2.45, 2.75) is 52.6 Å². The van der Waals surface area contributed by atoms with Crippen LogP contribution in [-0.4, -0.2) is 23.1 Å². The molecule has 1 fully saturated rings. The van der Waals surface area contributed by atoms with E-state index >= 15 is 0 Å². The highest BCUT2D eigenvalue weighted by Crippen LogP contribution is 2.36. The molecule has 0 aliphatic heterocycles. The van der Waals surface area contributed by atoms with E-state index in [4.69, 9.17) is 0 Å². The molecule has 1 saturated carbocycles. The molecule has 1 aliphatic carbocycles. The quantitative estimate of drug-likeness (QED) is 0.453. The van der Waals surface area contributed by atoms with E-state index in [1.807, 2.05) is 20.8 Å². The fourth-order valence-corrected chi connectivity index (χ4v) is 2.51. The van der Waals surface area contributed by atoms with Gasteiger partial charge < -0.3 is 10.6 Å². The third kappa shape index (κ3) is 4.98. The zero-order valence-corrected chi connectivity index (χ0v) is 15.2. The molecule has 0 bridgehead atoms. The van der Waals surface area contributed by atoms with Gasteiger partial charge in [0.2, 0.25) is 0 Å². The molecule has 25 heavy (non-hydrogen) atoms. The monoisotopic (exact) mass is 344 g/mol. The van der Waals surface area contributed by atoms with E-state index < -0.39 is 5.82 Å². The number of nitrogens with one attached hydrogen (secondary N) is 2. The van der Waals surface area contributed by atoms with Gasteiger partial charge in [0, 0.05) is 16.7 Å². The molecule has 0 aromatic carbocycles. The van der Waals surface area contributed by atoms with Crippen molar-refractivity contribution in [1.82, 2.24) is 15.6 Å². The van der Waals surface area contributed by atoms with Crippen molar-refractivity contribution < 1.29 is 9.18 Å². The van der Waals surface area contributed by atoms with Crippen molar-refractivity contribution >= 4 is 12.6 Å². The van der Waals surface area contributed by atoms with Gasteiger partial charge in [-0.05, 0) is 59.4 Å². The molecule has 1 aliphatic rings. The van der Waals surface area contributed by atoms with Gasteiger partial charge in [-0.25, -0.2) is 9.38 Å². The number of pyridine rings is 1. The number of hydrogen-bond donors (Lipinski definition) is 2. The lowest BCUT2D eigenvalue weighted by molar-refractivity contribution is -0.117. The number of aliphatic imine (C=N–C) groups is 1. The summed E-state index contributed by atoms with van der Waals surface area (Å²) in [5.41, 5.74) is 2.84. The Morgan fingerprint density at radius 2 is 2.04 bits per heavy atom. The maximum atomic E-state index is 12.9. The van der Waals surface area contributed by atoms with E-state index in [0.29, 0.717) is 17.1 Å². The number of nitrogens with zero attached hydrogens (tertiary/aromatic N) is 2. The minimum atomic E-state index is -0.403. The Labute approximate surface area is 148 Å². The molecule has 6 heteroatoms. The molecule has 0 unspecified atom stereocenters. The van der Waals surface area contributed by atoms with Crippen molar-refractivity contribution in [1.29, 1.82) is 0 Å². The van der Waals surface area contributed by atoms with Crippen LogP contribution in [-0.2, 0) is 11.3 Å². The lowest BCUT2D eigenvalue weighted by atomic mass is 10.0. The minimum Gasteiger partial charge on any atom is -0.365 e. The van der Waals surface area contributed by atoms with Crippen LogP contribution in [0.25, 0.3) is 0 Å². The van der Waals surface area contributed by atoms with E-state index in [0.717, 1.165) is 30.2 Å². The third-order valence-corrected chi connectivity index (χ3v) is 4.25. The maximum Gasteiger partial charge on any atom is 0.251 e. The molecular formula is C19H25FN4O. The van der Waals surface area contributed by atoms with Gasteiger partial charge in [-0.15, -0.1) is 0 Å². The topological polar surface area (TPSA) is 66.4 Å². The van der Waals surface area contributed by atoms with Gasteiger partial charge in [0.1, 0.15) is 11.6 Å². The summed E-state index contributed by atoms with van der Waals surface area (Å²) >= 11 is 0. The van der Waals surface area contributed by atoms with Crippen LogP contribution >= 0.6 is 0 Å². The Morgan fingerprint density at radius 1 is 1.36 bits per heavy atom. The molecular weight excluding hydrogens is 319 g/mol. The zero-order valence-electron chi connectivity index (χ0n) is 15.2. The summed E-state index contributed by atoms with van der Waals surface area (Å²) < 4.78 is 12.9. The fraction of sp³-hybridized carbons (Fsp3) is 0.421. The molecule has 2 N–H and O–H groups in total. The molecule has 0 radical (unpaired) electrons. The first-order valence-electron chi connectivity index (χ1n) is 8.28. The molecule has 1 heterocycles. The molecule has 134 valence electrons. The van der Waals surface area contributed by atoms with Gasteiger partial charge in [0.25, 0.3) is 5.91 Å². The fourth-order valence-electron chi connectivity index (χ4n) is 2.51. The van der Waals surface area contributed by atoms with Crippen LogP contribution in [0.1, 0.15) is 46.2 Å². The Hall–Kier alpha value is -2.50. The predicted octanol–water partition coefficient (Wildman–Crippen LogP) is 3.25. The highest BCUT2D eigenvalue weighted by atomic mass is 19.1. The molecule has 1 amide bonds. The smallest absolute Gasteiger partial charge is 0.251 e. The largest absolute Gasteiger partial charge is 0.365 e. The number of amides is 1. The number of carbonyl (C=O) groups is 1. The van der Waals surface area contributed by atoms with Gasteiger partial charge in [-0.1, -0.05) is 5.57 Å². The Kier molecular flexibility index (Phi) is 5.72. The molecule has 0 saturated heterocycles. The van der Waals surface area contributed by atoms with Crippen molar-refractivity contribution in [2.75, 3.05) is 0 Å². The Balaban J connectivity index is 2.15. The number of carbonyl (C=O) groups excluding carboxylic acids is 1. The number of halogens is 1. The van der Waals surface area contributed by atoms with Crippen LogP contribution in [0, 0.1) is 5.82 Å². The predicted molar refractivity (Wildman–Crippen MR) is 97.4 cm³/mol. The second-order valence-electron chi connectivity index (χ2n) is 6.84. The van der Waals surface area contributed by atoms with Crippen molar-refractivity contribution in [3.05, 3.63) is 52.4 Å². The van der Waals surface area contributed by atoms with Gasteiger partial charge in [-0.3, -0.25) is 9.78 Å². The second kappa shape index (κ2) is 7.59. The minimum absolute atomic E-state index is 0.0407. The second-order valence-corrected chi connectivity index (χ2v) is 6.84. The standard InChI is InChI=1S/C19H25FN4O/c1-12(2)16(13(3)17(21-5)24-19(4)8-9-19)18(25)23-11-15-7-6-14(20)10-22-15/h6-7,10,24H,5,8-9,11H2,1-4H3,(H,23,25)/b17-13-. The lowest BCUT2D eigenvalue weighted by Gasteiger charge is -2.18. The molecule has 1 aromatic rings. The zero-order chi connectivity index (χ0) is 18.6. The van der Waals surface area contributed by atoms with Crippen molar-refractivity contribution in [2.24, 2.45) is 4.99 Å². The first-order valence-corrected chi connectivity index (χ1v) is 8.28. The van der Waals surface area contributed by atoms with Gasteiger partial charge >= 0.3 is 0 Å². The highest BCUT2D eigenvalue weighted by molar-refractivity contribution is 5.98. The van der Waals surface area contributed by atoms with Crippen LogP contribution in [0.15, 0.2) is 45.9 Å². The van der Waals surface area contributed by atoms with E-state index in [2.05, 4.69) is 34.3 Å². The molecule has 0 spiro atoms. The van der Waals surface area contributed by atoms with Crippen LogP contribution in [0.5, 0.6) is 0 Å². The SMILES string of the molecule is C=N/C(NC1(C)CC1)=C(\C)C(C(=O)NCc1ccc(F)cn1)=C(C)C. The summed E-state index contributed by atoms with van der Waals surface area (Å²) in [4.78, 5) is 20.7. The van der Waals surface area contributed by atoms with E-state index in [1.54, 1.807) is 6.07 Å². The first-order chi connectivity index (χ1) is 11.8. The molecule has 2 rings (SSSR count). The third-order valence-electron chi connectivity index (χ3n) is 4.25. The van der Waals surface area contributed by atoms with Crippen LogP contribution in [0.2, 0.25) is 0 Å². The van der Waals surface area contributed by atoms with Crippen LogP contribution < -0.4 is 10.6 Å².